The number of halogens is 1. The van der Waals surface area contributed by atoms with E-state index in [-0.39, 0.29) is 18.5 Å². The molecule has 0 amide bonds. The molecule has 1 aromatic carbocycles. The van der Waals surface area contributed by atoms with Crippen LogP contribution in [-0.4, -0.2) is 24.3 Å². The second-order valence-electron chi connectivity index (χ2n) is 6.16. The van der Waals surface area contributed by atoms with Gasteiger partial charge in [0.15, 0.2) is 0 Å². The Kier molecular flexibility index (Phi) is 5.59. The van der Waals surface area contributed by atoms with Crippen LogP contribution in [0.3, 0.4) is 0 Å². The summed E-state index contributed by atoms with van der Waals surface area (Å²) >= 11 is 0. The molecule has 0 unspecified atom stereocenters. The van der Waals surface area contributed by atoms with Crippen LogP contribution in [0.1, 0.15) is 56.2 Å². The zero-order valence-corrected chi connectivity index (χ0v) is 13.1. The third-order valence-corrected chi connectivity index (χ3v) is 4.46. The van der Waals surface area contributed by atoms with Crippen molar-refractivity contribution < 1.29 is 9.50 Å². The Morgan fingerprint density at radius 3 is 2.57 bits per heavy atom. The standard InChI is InChI=1S/C17H27FN2O/c1-12-10-17(15(13(2)19)11-16(12)18)20(8-9-21)14-6-4-3-5-7-14/h10-11,13-14,21H,3-9,19H2,1-2H3/t13-/m1/s1. The number of rotatable bonds is 5. The largest absolute Gasteiger partial charge is 0.395 e. The predicted molar refractivity (Wildman–Crippen MR) is 85.0 cm³/mol. The van der Waals surface area contributed by atoms with Crippen LogP contribution < -0.4 is 10.6 Å². The normalized spacial score (nSPS) is 17.8. The summed E-state index contributed by atoms with van der Waals surface area (Å²) < 4.78 is 13.9. The molecular weight excluding hydrogens is 267 g/mol. The smallest absolute Gasteiger partial charge is 0.126 e. The van der Waals surface area contributed by atoms with Crippen molar-refractivity contribution in [3.8, 4) is 0 Å². The summed E-state index contributed by atoms with van der Waals surface area (Å²) in [5.74, 6) is -0.210. The predicted octanol–water partition coefficient (Wildman–Crippen LogP) is 3.29. The highest BCUT2D eigenvalue weighted by Crippen LogP contribution is 2.33. The maximum absolute atomic E-state index is 13.9. The fourth-order valence-electron chi connectivity index (χ4n) is 3.30. The minimum Gasteiger partial charge on any atom is -0.395 e. The molecule has 0 spiro atoms. The van der Waals surface area contributed by atoms with Crippen LogP contribution in [-0.2, 0) is 0 Å². The number of hydrogen-bond acceptors (Lipinski definition) is 3. The van der Waals surface area contributed by atoms with Gasteiger partial charge in [-0.3, -0.25) is 0 Å². The van der Waals surface area contributed by atoms with Gasteiger partial charge in [0.2, 0.25) is 0 Å². The molecule has 1 aliphatic rings. The summed E-state index contributed by atoms with van der Waals surface area (Å²) in [5.41, 5.74) is 8.49. The highest BCUT2D eigenvalue weighted by atomic mass is 19.1. The molecular formula is C17H27FN2O. The van der Waals surface area contributed by atoms with Gasteiger partial charge in [-0.2, -0.15) is 0 Å². The lowest BCUT2D eigenvalue weighted by atomic mass is 9.92. The first-order chi connectivity index (χ1) is 10.0. The molecule has 1 aliphatic carbocycles. The number of hydrogen-bond donors (Lipinski definition) is 2. The summed E-state index contributed by atoms with van der Waals surface area (Å²) in [6.45, 7) is 4.34. The Morgan fingerprint density at radius 1 is 1.33 bits per heavy atom. The zero-order valence-electron chi connectivity index (χ0n) is 13.1. The van der Waals surface area contributed by atoms with Crippen molar-refractivity contribution in [2.75, 3.05) is 18.1 Å². The van der Waals surface area contributed by atoms with Crippen molar-refractivity contribution in [2.24, 2.45) is 5.73 Å². The summed E-state index contributed by atoms with van der Waals surface area (Å²) in [6.07, 6.45) is 6.00. The molecule has 2 rings (SSSR count). The molecule has 1 aromatic rings. The number of anilines is 1. The molecule has 0 aromatic heterocycles. The Hall–Kier alpha value is -1.13. The Labute approximate surface area is 126 Å². The minimum absolute atomic E-state index is 0.102. The minimum atomic E-state index is -0.222. The molecule has 3 N–H and O–H groups in total. The number of nitrogens with zero attached hydrogens (tertiary/aromatic N) is 1. The summed E-state index contributed by atoms with van der Waals surface area (Å²) in [5, 5.41) is 9.44. The Balaban J connectivity index is 2.40. The van der Waals surface area contributed by atoms with E-state index in [9.17, 15) is 9.50 Å². The number of aliphatic hydroxyl groups is 1. The van der Waals surface area contributed by atoms with Crippen LogP contribution in [0.25, 0.3) is 0 Å². The van der Waals surface area contributed by atoms with Gasteiger partial charge < -0.3 is 15.7 Å². The molecule has 3 nitrogen and oxygen atoms in total. The van der Waals surface area contributed by atoms with Crippen LogP contribution in [0, 0.1) is 12.7 Å². The van der Waals surface area contributed by atoms with Crippen LogP contribution in [0.15, 0.2) is 12.1 Å². The van der Waals surface area contributed by atoms with E-state index < -0.39 is 0 Å². The number of aliphatic hydroxyl groups excluding tert-OH is 1. The topological polar surface area (TPSA) is 49.5 Å². The summed E-state index contributed by atoms with van der Waals surface area (Å²) in [7, 11) is 0. The van der Waals surface area contributed by atoms with Crippen molar-refractivity contribution in [1.82, 2.24) is 0 Å². The van der Waals surface area contributed by atoms with Gasteiger partial charge in [-0.15, -0.1) is 0 Å². The second-order valence-corrected chi connectivity index (χ2v) is 6.16. The van der Waals surface area contributed by atoms with Gasteiger partial charge in [0.25, 0.3) is 0 Å². The van der Waals surface area contributed by atoms with E-state index in [1.165, 1.54) is 19.3 Å². The molecule has 1 fully saturated rings. The fourth-order valence-corrected chi connectivity index (χ4v) is 3.30. The van der Waals surface area contributed by atoms with Crippen molar-refractivity contribution in [3.05, 3.63) is 29.1 Å². The maximum atomic E-state index is 13.9. The van der Waals surface area contributed by atoms with Gasteiger partial charge in [0, 0.05) is 24.3 Å². The lowest BCUT2D eigenvalue weighted by molar-refractivity contribution is 0.289. The molecule has 0 saturated heterocycles. The van der Waals surface area contributed by atoms with E-state index in [4.69, 9.17) is 5.73 Å². The lowest BCUT2D eigenvalue weighted by Gasteiger charge is -2.37. The average molecular weight is 294 g/mol. The van der Waals surface area contributed by atoms with Gasteiger partial charge in [0.1, 0.15) is 5.82 Å². The molecule has 21 heavy (non-hydrogen) atoms. The van der Waals surface area contributed by atoms with Crippen molar-refractivity contribution in [2.45, 2.75) is 58.0 Å². The summed E-state index contributed by atoms with van der Waals surface area (Å²) in [6, 6.07) is 3.65. The SMILES string of the molecule is Cc1cc(N(CCO)C2CCCCC2)c([C@@H](C)N)cc1F. The van der Waals surface area contributed by atoms with Crippen molar-refractivity contribution in [3.63, 3.8) is 0 Å². The Morgan fingerprint density at radius 2 is 2.00 bits per heavy atom. The lowest BCUT2D eigenvalue weighted by Crippen LogP contribution is -2.40. The van der Waals surface area contributed by atoms with E-state index >= 15 is 0 Å². The van der Waals surface area contributed by atoms with Gasteiger partial charge >= 0.3 is 0 Å². The number of aryl methyl sites for hydroxylation is 1. The van der Waals surface area contributed by atoms with Crippen LogP contribution in [0.2, 0.25) is 0 Å². The monoisotopic (exact) mass is 294 g/mol. The molecule has 118 valence electrons. The van der Waals surface area contributed by atoms with E-state index in [1.54, 1.807) is 13.0 Å². The van der Waals surface area contributed by atoms with Crippen molar-refractivity contribution >= 4 is 5.69 Å². The van der Waals surface area contributed by atoms with Crippen LogP contribution in [0.5, 0.6) is 0 Å². The molecule has 4 heteroatoms. The maximum Gasteiger partial charge on any atom is 0.126 e. The third kappa shape index (κ3) is 3.74. The van der Waals surface area contributed by atoms with E-state index in [0.717, 1.165) is 24.1 Å². The van der Waals surface area contributed by atoms with E-state index in [2.05, 4.69) is 4.90 Å². The highest BCUT2D eigenvalue weighted by Gasteiger charge is 2.24. The quantitative estimate of drug-likeness (QED) is 0.876. The summed E-state index contributed by atoms with van der Waals surface area (Å²) in [4.78, 5) is 2.24. The number of benzene rings is 1. The number of nitrogens with two attached hydrogens (primary N) is 1. The van der Waals surface area contributed by atoms with Crippen LogP contribution >= 0.6 is 0 Å². The Bertz CT molecular complexity index is 470. The first-order valence-corrected chi connectivity index (χ1v) is 7.97. The van der Waals surface area contributed by atoms with Gasteiger partial charge in [0.05, 0.1) is 6.61 Å². The van der Waals surface area contributed by atoms with Gasteiger partial charge in [-0.1, -0.05) is 19.3 Å². The molecule has 0 aliphatic heterocycles. The zero-order chi connectivity index (χ0) is 15.4. The molecule has 0 radical (unpaired) electrons. The highest BCUT2D eigenvalue weighted by molar-refractivity contribution is 5.58. The second kappa shape index (κ2) is 7.23. The van der Waals surface area contributed by atoms with Crippen molar-refractivity contribution in [1.29, 1.82) is 0 Å². The third-order valence-electron chi connectivity index (χ3n) is 4.46. The van der Waals surface area contributed by atoms with Gasteiger partial charge in [-0.25, -0.2) is 4.39 Å². The fraction of sp³-hybridized carbons (Fsp3) is 0.647. The molecule has 0 bridgehead atoms. The van der Waals surface area contributed by atoms with Crippen LogP contribution in [0.4, 0.5) is 10.1 Å². The molecule has 1 atom stereocenters. The first-order valence-electron chi connectivity index (χ1n) is 7.97. The van der Waals surface area contributed by atoms with E-state index in [1.807, 2.05) is 13.0 Å². The molecule has 1 saturated carbocycles. The molecule has 0 heterocycles. The average Bonchev–Trinajstić information content (AvgIpc) is 2.48. The first kappa shape index (κ1) is 16.2. The van der Waals surface area contributed by atoms with E-state index in [0.29, 0.717) is 18.2 Å². The van der Waals surface area contributed by atoms with Gasteiger partial charge in [-0.05, 0) is 49.9 Å².